The van der Waals surface area contributed by atoms with Gasteiger partial charge in [0.25, 0.3) is 0 Å². The number of sulfonamides is 1. The average molecular weight is 381 g/mol. The van der Waals surface area contributed by atoms with E-state index in [1.165, 1.54) is 10.4 Å². The zero-order chi connectivity index (χ0) is 19.2. The molecule has 0 aromatic heterocycles. The van der Waals surface area contributed by atoms with Crippen LogP contribution in [0.2, 0.25) is 0 Å². The summed E-state index contributed by atoms with van der Waals surface area (Å²) in [6.45, 7) is 7.95. The second-order valence-electron chi connectivity index (χ2n) is 6.55. The highest BCUT2D eigenvalue weighted by Crippen LogP contribution is 2.19. The SMILES string of the molecule is C=CCN(CCC(=O)Nc1ccc(N2CCN(C)CC2)cc1)S(C)(=O)=O. The van der Waals surface area contributed by atoms with Crippen LogP contribution in [0.15, 0.2) is 36.9 Å². The number of amides is 1. The van der Waals surface area contributed by atoms with Gasteiger partial charge >= 0.3 is 0 Å². The van der Waals surface area contributed by atoms with Crippen molar-refractivity contribution in [3.05, 3.63) is 36.9 Å². The molecule has 0 unspecified atom stereocenters. The van der Waals surface area contributed by atoms with Crippen LogP contribution in [-0.2, 0) is 14.8 Å². The quantitative estimate of drug-likeness (QED) is 0.687. The number of hydrogen-bond acceptors (Lipinski definition) is 5. The number of likely N-dealkylation sites (N-methyl/N-ethyl adjacent to an activating group) is 1. The average Bonchev–Trinajstić information content (AvgIpc) is 2.59. The molecule has 2 rings (SSSR count). The van der Waals surface area contributed by atoms with Crippen LogP contribution < -0.4 is 10.2 Å². The summed E-state index contributed by atoms with van der Waals surface area (Å²) in [7, 11) is -1.22. The van der Waals surface area contributed by atoms with Crippen LogP contribution in [-0.4, -0.2) is 76.1 Å². The van der Waals surface area contributed by atoms with Gasteiger partial charge in [-0.15, -0.1) is 6.58 Å². The maximum atomic E-state index is 12.1. The van der Waals surface area contributed by atoms with Gasteiger partial charge in [0, 0.05) is 57.1 Å². The van der Waals surface area contributed by atoms with E-state index in [4.69, 9.17) is 0 Å². The summed E-state index contributed by atoms with van der Waals surface area (Å²) < 4.78 is 24.5. The Morgan fingerprint density at radius 1 is 1.23 bits per heavy atom. The van der Waals surface area contributed by atoms with Gasteiger partial charge in [-0.1, -0.05) is 6.08 Å². The monoisotopic (exact) mass is 380 g/mol. The number of carbonyl (C=O) groups is 1. The molecule has 26 heavy (non-hydrogen) atoms. The van der Waals surface area contributed by atoms with Gasteiger partial charge < -0.3 is 15.1 Å². The van der Waals surface area contributed by atoms with Crippen molar-refractivity contribution in [3.8, 4) is 0 Å². The van der Waals surface area contributed by atoms with Gasteiger partial charge in [-0.05, 0) is 31.3 Å². The number of carbonyl (C=O) groups excluding carboxylic acids is 1. The number of anilines is 2. The topological polar surface area (TPSA) is 73.0 Å². The van der Waals surface area contributed by atoms with E-state index in [1.54, 1.807) is 0 Å². The van der Waals surface area contributed by atoms with Crippen LogP contribution in [0.3, 0.4) is 0 Å². The minimum Gasteiger partial charge on any atom is -0.369 e. The molecular formula is C18H28N4O3S. The first-order valence-corrected chi connectivity index (χ1v) is 10.5. The Morgan fingerprint density at radius 2 is 1.85 bits per heavy atom. The third-order valence-corrected chi connectivity index (χ3v) is 5.68. The fourth-order valence-corrected chi connectivity index (χ4v) is 3.61. The Labute approximate surface area is 156 Å². The van der Waals surface area contributed by atoms with Crippen LogP contribution in [0, 0.1) is 0 Å². The van der Waals surface area contributed by atoms with Crippen LogP contribution in [0.25, 0.3) is 0 Å². The molecule has 144 valence electrons. The standard InChI is InChI=1S/C18H28N4O3S/c1-4-10-22(26(3,24)25)11-9-18(23)19-16-5-7-17(8-6-16)21-14-12-20(2)13-15-21/h4-8H,1,9-15H2,2-3H3,(H,19,23). The number of nitrogens with one attached hydrogen (secondary N) is 1. The van der Waals surface area contributed by atoms with E-state index in [0.717, 1.165) is 38.1 Å². The van der Waals surface area contributed by atoms with Gasteiger partial charge in [0.05, 0.1) is 6.26 Å². The Kier molecular flexibility index (Phi) is 7.19. The minimum atomic E-state index is -3.34. The van der Waals surface area contributed by atoms with E-state index in [9.17, 15) is 13.2 Å². The Bertz CT molecular complexity index is 710. The van der Waals surface area contributed by atoms with Gasteiger partial charge in [0.2, 0.25) is 15.9 Å². The first-order chi connectivity index (χ1) is 12.3. The first kappa shape index (κ1) is 20.4. The van der Waals surface area contributed by atoms with E-state index in [-0.39, 0.29) is 25.4 Å². The molecule has 0 saturated carbocycles. The predicted molar refractivity (Wildman–Crippen MR) is 106 cm³/mol. The highest BCUT2D eigenvalue weighted by atomic mass is 32.2. The van der Waals surface area contributed by atoms with Gasteiger partial charge in [0.1, 0.15) is 0 Å². The summed E-state index contributed by atoms with van der Waals surface area (Å²) >= 11 is 0. The van der Waals surface area contributed by atoms with Crippen molar-refractivity contribution >= 4 is 27.3 Å². The highest BCUT2D eigenvalue weighted by Gasteiger charge is 2.17. The summed E-state index contributed by atoms with van der Waals surface area (Å²) in [5, 5.41) is 2.82. The van der Waals surface area contributed by atoms with Crippen LogP contribution in [0.5, 0.6) is 0 Å². The zero-order valence-corrected chi connectivity index (χ0v) is 16.3. The van der Waals surface area contributed by atoms with Crippen LogP contribution in [0.1, 0.15) is 6.42 Å². The number of hydrogen-bond donors (Lipinski definition) is 1. The van der Waals surface area contributed by atoms with Gasteiger partial charge in [0.15, 0.2) is 0 Å². The zero-order valence-electron chi connectivity index (χ0n) is 15.5. The number of benzene rings is 1. The Morgan fingerprint density at radius 3 is 2.38 bits per heavy atom. The Balaban J connectivity index is 1.86. The van der Waals surface area contributed by atoms with E-state index in [1.807, 2.05) is 24.3 Å². The third-order valence-electron chi connectivity index (χ3n) is 4.41. The lowest BCUT2D eigenvalue weighted by molar-refractivity contribution is -0.116. The van der Waals surface area contributed by atoms with Gasteiger partial charge in [-0.25, -0.2) is 8.42 Å². The fourth-order valence-electron chi connectivity index (χ4n) is 2.81. The summed E-state index contributed by atoms with van der Waals surface area (Å²) in [6, 6.07) is 7.76. The van der Waals surface area contributed by atoms with Crippen molar-refractivity contribution in [3.63, 3.8) is 0 Å². The molecule has 0 atom stereocenters. The fraction of sp³-hybridized carbons (Fsp3) is 0.500. The maximum absolute atomic E-state index is 12.1. The lowest BCUT2D eigenvalue weighted by Crippen LogP contribution is -2.44. The highest BCUT2D eigenvalue weighted by molar-refractivity contribution is 7.88. The normalized spacial score (nSPS) is 15.9. The first-order valence-electron chi connectivity index (χ1n) is 8.69. The second-order valence-corrected chi connectivity index (χ2v) is 8.53. The van der Waals surface area contributed by atoms with Crippen molar-refractivity contribution in [1.82, 2.24) is 9.21 Å². The maximum Gasteiger partial charge on any atom is 0.225 e. The van der Waals surface area contributed by atoms with Gasteiger partial charge in [-0.2, -0.15) is 4.31 Å². The van der Waals surface area contributed by atoms with Crippen molar-refractivity contribution in [1.29, 1.82) is 0 Å². The molecule has 0 bridgehead atoms. The lowest BCUT2D eigenvalue weighted by atomic mass is 10.2. The minimum absolute atomic E-state index is 0.0983. The van der Waals surface area contributed by atoms with E-state index >= 15 is 0 Å². The largest absolute Gasteiger partial charge is 0.369 e. The van der Waals surface area contributed by atoms with E-state index in [0.29, 0.717) is 5.69 Å². The van der Waals surface area contributed by atoms with Gasteiger partial charge in [-0.3, -0.25) is 4.79 Å². The molecule has 0 aliphatic carbocycles. The molecule has 1 saturated heterocycles. The molecule has 1 aliphatic heterocycles. The van der Waals surface area contributed by atoms with Crippen molar-refractivity contribution in [2.75, 3.05) is 62.8 Å². The third kappa shape index (κ3) is 6.12. The van der Waals surface area contributed by atoms with E-state index < -0.39 is 10.0 Å². The molecule has 1 N–H and O–H groups in total. The molecule has 0 radical (unpaired) electrons. The molecule has 1 aromatic carbocycles. The van der Waals surface area contributed by atoms with Crippen molar-refractivity contribution in [2.24, 2.45) is 0 Å². The molecule has 1 aliphatic rings. The molecule has 1 aromatic rings. The molecule has 1 amide bonds. The van der Waals surface area contributed by atoms with Crippen molar-refractivity contribution in [2.45, 2.75) is 6.42 Å². The summed E-state index contributed by atoms with van der Waals surface area (Å²) in [4.78, 5) is 16.7. The smallest absolute Gasteiger partial charge is 0.225 e. The lowest BCUT2D eigenvalue weighted by Gasteiger charge is -2.34. The number of rotatable bonds is 8. The summed E-state index contributed by atoms with van der Waals surface area (Å²) in [6.07, 6.45) is 2.74. The number of nitrogens with zero attached hydrogens (tertiary/aromatic N) is 3. The molecule has 1 heterocycles. The number of piperazine rings is 1. The molecular weight excluding hydrogens is 352 g/mol. The van der Waals surface area contributed by atoms with Crippen LogP contribution in [0.4, 0.5) is 11.4 Å². The van der Waals surface area contributed by atoms with E-state index in [2.05, 4.69) is 28.7 Å². The van der Waals surface area contributed by atoms with Crippen molar-refractivity contribution < 1.29 is 13.2 Å². The summed E-state index contributed by atoms with van der Waals surface area (Å²) in [5.74, 6) is -0.213. The predicted octanol–water partition coefficient (Wildman–Crippen LogP) is 1.21. The second kappa shape index (κ2) is 9.16. The molecule has 8 heteroatoms. The molecule has 1 fully saturated rings. The molecule has 7 nitrogen and oxygen atoms in total. The summed E-state index contributed by atoms with van der Waals surface area (Å²) in [5.41, 5.74) is 1.85. The molecule has 0 spiro atoms. The van der Waals surface area contributed by atoms with Crippen LogP contribution >= 0.6 is 0 Å². The Hall–Kier alpha value is -1.90.